The molecule has 7 heteroatoms. The Balaban J connectivity index is 1.84. The fraction of sp³-hybridized carbons (Fsp3) is 0.294. The number of nitrogens with one attached hydrogen (secondary N) is 1. The Kier molecular flexibility index (Phi) is 4.51. The summed E-state index contributed by atoms with van der Waals surface area (Å²) < 4.78 is 29.1. The van der Waals surface area contributed by atoms with E-state index in [1.165, 1.54) is 36.5 Å². The van der Waals surface area contributed by atoms with E-state index in [9.17, 15) is 14.3 Å². The molecule has 1 aliphatic rings. The molecule has 0 saturated carbocycles. The molecule has 3 rings (SSSR count). The molecule has 126 valence electrons. The molecule has 1 aromatic heterocycles. The molecule has 0 radical (unpaired) electrons. The molecule has 1 aliphatic carbocycles. The van der Waals surface area contributed by atoms with Crippen LogP contribution in [-0.2, 0) is 17.0 Å². The Labute approximate surface area is 142 Å². The van der Waals surface area contributed by atoms with Crippen LogP contribution in [0.4, 0.5) is 8.78 Å². The van der Waals surface area contributed by atoms with E-state index in [2.05, 4.69) is 10.3 Å². The molecule has 0 saturated heterocycles. The predicted molar refractivity (Wildman–Crippen MR) is 84.5 cm³/mol. The lowest BCUT2D eigenvalue weighted by atomic mass is 9.81. The summed E-state index contributed by atoms with van der Waals surface area (Å²) in [6.07, 6.45) is 0.432. The van der Waals surface area contributed by atoms with Crippen LogP contribution in [0.5, 0.6) is 0 Å². The lowest BCUT2D eigenvalue weighted by molar-refractivity contribution is -0.135. The van der Waals surface area contributed by atoms with Crippen LogP contribution in [0.2, 0.25) is 5.02 Å². The van der Waals surface area contributed by atoms with Crippen LogP contribution < -0.4 is 5.32 Å². The summed E-state index contributed by atoms with van der Waals surface area (Å²) in [5.74, 6) is -1.47. The molecule has 1 amide bonds. The van der Waals surface area contributed by atoms with Crippen LogP contribution in [0.3, 0.4) is 0 Å². The number of alkyl halides is 1. The Hall–Kier alpha value is -2.05. The number of aliphatic hydroxyl groups excluding tert-OH is 1. The molecule has 2 atom stereocenters. The average Bonchev–Trinajstić information content (AvgIpc) is 2.58. The Morgan fingerprint density at radius 1 is 1.42 bits per heavy atom. The molecule has 1 heterocycles. The minimum atomic E-state index is -2.32. The minimum absolute atomic E-state index is 0.0425. The van der Waals surface area contributed by atoms with Crippen molar-refractivity contribution >= 4 is 17.5 Å². The second kappa shape index (κ2) is 6.45. The molecule has 1 aromatic carbocycles. The highest BCUT2D eigenvalue weighted by Crippen LogP contribution is 2.42. The van der Waals surface area contributed by atoms with E-state index >= 15 is 4.39 Å². The number of amides is 1. The third-order valence-electron chi connectivity index (χ3n) is 4.19. The topological polar surface area (TPSA) is 62.2 Å². The summed E-state index contributed by atoms with van der Waals surface area (Å²) in [5, 5.41) is 12.5. The monoisotopic (exact) mass is 352 g/mol. The van der Waals surface area contributed by atoms with Gasteiger partial charge in [0.1, 0.15) is 5.82 Å². The maximum absolute atomic E-state index is 15.3. The summed E-state index contributed by atoms with van der Waals surface area (Å²) in [6, 6.07) is 7.10. The number of carbonyl (C=O) groups excluding carboxylic acids is 1. The van der Waals surface area contributed by atoms with Gasteiger partial charge in [-0.1, -0.05) is 23.7 Å². The molecule has 2 N–H and O–H groups in total. The number of rotatable bonds is 3. The minimum Gasteiger partial charge on any atom is -0.387 e. The third-order valence-corrected chi connectivity index (χ3v) is 4.54. The molecule has 0 spiro atoms. The van der Waals surface area contributed by atoms with Crippen LogP contribution in [0.1, 0.15) is 35.8 Å². The molecular weight excluding hydrogens is 338 g/mol. The van der Waals surface area contributed by atoms with E-state index in [0.29, 0.717) is 0 Å². The number of carbonyl (C=O) groups is 1. The van der Waals surface area contributed by atoms with Gasteiger partial charge in [0.05, 0.1) is 11.8 Å². The lowest BCUT2D eigenvalue weighted by Gasteiger charge is -2.32. The molecule has 24 heavy (non-hydrogen) atoms. The SMILES string of the molecule is O=C(NCc1c(F)cccc1Cl)C1(F)CCC(O)c2ncccc21. The first-order chi connectivity index (χ1) is 11.4. The van der Waals surface area contributed by atoms with Gasteiger partial charge in [0, 0.05) is 28.9 Å². The second-order valence-corrected chi connectivity index (χ2v) is 6.08. The number of fused-ring (bicyclic) bond motifs is 1. The lowest BCUT2D eigenvalue weighted by Crippen LogP contribution is -2.44. The standard InChI is InChI=1S/C17H15ClF2N2O2/c18-12-4-1-5-13(19)10(12)9-22-16(24)17(20)7-6-14(23)15-11(17)3-2-8-21-15/h1-5,8,14,23H,6-7,9H2,(H,22,24). The Morgan fingerprint density at radius 2 is 2.21 bits per heavy atom. The highest BCUT2D eigenvalue weighted by atomic mass is 35.5. The Bertz CT molecular complexity index is 767. The molecular formula is C17H15ClF2N2O2. The fourth-order valence-electron chi connectivity index (χ4n) is 2.87. The van der Waals surface area contributed by atoms with Crippen LogP contribution >= 0.6 is 11.6 Å². The van der Waals surface area contributed by atoms with Crippen molar-refractivity contribution in [1.82, 2.24) is 10.3 Å². The largest absolute Gasteiger partial charge is 0.387 e. The second-order valence-electron chi connectivity index (χ2n) is 5.67. The van der Waals surface area contributed by atoms with Crippen molar-refractivity contribution in [1.29, 1.82) is 0 Å². The van der Waals surface area contributed by atoms with E-state index in [0.717, 1.165) is 0 Å². The van der Waals surface area contributed by atoms with Gasteiger partial charge in [0.15, 0.2) is 0 Å². The summed E-state index contributed by atoms with van der Waals surface area (Å²) in [6.45, 7) is -0.228. The number of aliphatic hydroxyl groups is 1. The van der Waals surface area contributed by atoms with Crippen molar-refractivity contribution in [3.63, 3.8) is 0 Å². The van der Waals surface area contributed by atoms with Crippen molar-refractivity contribution in [2.45, 2.75) is 31.2 Å². The van der Waals surface area contributed by atoms with Crippen molar-refractivity contribution in [2.75, 3.05) is 0 Å². The first-order valence-corrected chi connectivity index (χ1v) is 7.85. The zero-order valence-corrected chi connectivity index (χ0v) is 13.4. The van der Waals surface area contributed by atoms with E-state index < -0.39 is 23.5 Å². The Morgan fingerprint density at radius 3 is 2.96 bits per heavy atom. The maximum Gasteiger partial charge on any atom is 0.262 e. The zero-order chi connectivity index (χ0) is 17.3. The quantitative estimate of drug-likeness (QED) is 0.891. The highest BCUT2D eigenvalue weighted by Gasteiger charge is 2.46. The highest BCUT2D eigenvalue weighted by molar-refractivity contribution is 6.31. The third kappa shape index (κ3) is 2.87. The summed E-state index contributed by atoms with van der Waals surface area (Å²) in [5.41, 5.74) is -2.02. The number of nitrogens with zero attached hydrogens (tertiary/aromatic N) is 1. The summed E-state index contributed by atoms with van der Waals surface area (Å²) >= 11 is 5.91. The molecule has 0 fully saturated rings. The van der Waals surface area contributed by atoms with E-state index in [1.54, 1.807) is 0 Å². The van der Waals surface area contributed by atoms with Gasteiger partial charge >= 0.3 is 0 Å². The van der Waals surface area contributed by atoms with Crippen molar-refractivity contribution in [2.24, 2.45) is 0 Å². The first kappa shape index (κ1) is 16.8. The van der Waals surface area contributed by atoms with Crippen LogP contribution in [0, 0.1) is 5.82 Å². The van der Waals surface area contributed by atoms with Crippen molar-refractivity contribution < 1.29 is 18.7 Å². The average molecular weight is 353 g/mol. The number of pyridine rings is 1. The van der Waals surface area contributed by atoms with Gasteiger partial charge in [-0.2, -0.15) is 0 Å². The number of hydrogen-bond acceptors (Lipinski definition) is 3. The van der Waals surface area contributed by atoms with Gasteiger partial charge in [0.2, 0.25) is 5.67 Å². The number of aromatic nitrogens is 1. The molecule has 0 aliphatic heterocycles. The van der Waals surface area contributed by atoms with Crippen LogP contribution in [0.15, 0.2) is 36.5 Å². The van der Waals surface area contributed by atoms with Gasteiger partial charge < -0.3 is 10.4 Å². The van der Waals surface area contributed by atoms with Gasteiger partial charge in [-0.25, -0.2) is 8.78 Å². The fourth-order valence-corrected chi connectivity index (χ4v) is 3.10. The van der Waals surface area contributed by atoms with Gasteiger partial charge in [-0.05, 0) is 31.0 Å². The predicted octanol–water partition coefficient (Wildman–Crippen LogP) is 3.18. The smallest absolute Gasteiger partial charge is 0.262 e. The van der Waals surface area contributed by atoms with Gasteiger partial charge in [-0.3, -0.25) is 9.78 Å². The van der Waals surface area contributed by atoms with Crippen LogP contribution in [-0.4, -0.2) is 16.0 Å². The summed E-state index contributed by atoms with van der Waals surface area (Å²) in [4.78, 5) is 16.4. The van der Waals surface area contributed by atoms with Gasteiger partial charge in [-0.15, -0.1) is 0 Å². The van der Waals surface area contributed by atoms with Crippen molar-refractivity contribution in [3.8, 4) is 0 Å². The van der Waals surface area contributed by atoms with Gasteiger partial charge in [0.25, 0.3) is 5.91 Å². The maximum atomic E-state index is 15.3. The number of halogens is 3. The summed E-state index contributed by atoms with van der Waals surface area (Å²) in [7, 11) is 0. The van der Waals surface area contributed by atoms with Crippen LogP contribution in [0.25, 0.3) is 0 Å². The molecule has 2 unspecified atom stereocenters. The van der Waals surface area contributed by atoms with E-state index in [4.69, 9.17) is 11.6 Å². The normalized spacial score (nSPS) is 22.8. The first-order valence-electron chi connectivity index (χ1n) is 7.47. The molecule has 0 bridgehead atoms. The number of hydrogen-bond donors (Lipinski definition) is 2. The zero-order valence-electron chi connectivity index (χ0n) is 12.6. The van der Waals surface area contributed by atoms with E-state index in [1.807, 2.05) is 0 Å². The molecule has 4 nitrogen and oxygen atoms in total. The van der Waals surface area contributed by atoms with Crippen molar-refractivity contribution in [3.05, 3.63) is 64.2 Å². The molecule has 2 aromatic rings. The number of benzene rings is 1. The van der Waals surface area contributed by atoms with E-state index in [-0.39, 0.29) is 41.2 Å².